The second kappa shape index (κ2) is 4.39. The lowest BCUT2D eigenvalue weighted by Crippen LogP contribution is -2.01. The summed E-state index contributed by atoms with van der Waals surface area (Å²) in [6.07, 6.45) is -1.08. The Balaban J connectivity index is 2.40. The van der Waals surface area contributed by atoms with E-state index in [0.29, 0.717) is 10.4 Å². The van der Waals surface area contributed by atoms with Crippen molar-refractivity contribution in [3.63, 3.8) is 0 Å². The van der Waals surface area contributed by atoms with E-state index in [1.165, 1.54) is 6.07 Å². The van der Waals surface area contributed by atoms with Crippen LogP contribution in [0.5, 0.6) is 0 Å². The summed E-state index contributed by atoms with van der Waals surface area (Å²) in [7, 11) is 0. The molecule has 1 unspecified atom stereocenters. The average molecular weight is 285 g/mol. The molecule has 2 aromatic rings. The minimum absolute atomic E-state index is 0.224. The van der Waals surface area contributed by atoms with E-state index in [1.807, 2.05) is 6.92 Å². The van der Waals surface area contributed by atoms with E-state index in [0.717, 1.165) is 5.56 Å². The van der Waals surface area contributed by atoms with E-state index >= 15 is 0 Å². The Morgan fingerprint density at radius 1 is 1.31 bits per heavy atom. The Labute approximate surface area is 101 Å². The lowest BCUT2D eigenvalue weighted by Gasteiger charge is -2.10. The van der Waals surface area contributed by atoms with Gasteiger partial charge in [-0.3, -0.25) is 0 Å². The van der Waals surface area contributed by atoms with E-state index in [1.54, 1.807) is 24.3 Å². The molecule has 4 heteroatoms. The third kappa shape index (κ3) is 2.18. The van der Waals surface area contributed by atoms with Crippen LogP contribution in [0.15, 0.2) is 39.4 Å². The maximum Gasteiger partial charge on any atom is 0.169 e. The fourth-order valence-electron chi connectivity index (χ4n) is 1.50. The van der Waals surface area contributed by atoms with Crippen LogP contribution in [0.4, 0.5) is 4.39 Å². The summed E-state index contributed by atoms with van der Waals surface area (Å²) < 4.78 is 19.2. The Bertz CT molecular complexity index is 507. The fraction of sp³-hybridized carbons (Fsp3) is 0.167. The fourth-order valence-corrected chi connectivity index (χ4v) is 1.82. The normalized spacial score (nSPS) is 12.8. The van der Waals surface area contributed by atoms with Gasteiger partial charge in [-0.2, -0.15) is 0 Å². The Morgan fingerprint density at radius 2 is 2.06 bits per heavy atom. The van der Waals surface area contributed by atoms with E-state index in [4.69, 9.17) is 4.42 Å². The van der Waals surface area contributed by atoms with Gasteiger partial charge in [-0.25, -0.2) is 4.39 Å². The van der Waals surface area contributed by atoms with Crippen LogP contribution in [-0.4, -0.2) is 5.11 Å². The van der Waals surface area contributed by atoms with Crippen molar-refractivity contribution in [3.05, 3.63) is 57.7 Å². The van der Waals surface area contributed by atoms with Gasteiger partial charge in [0, 0.05) is 5.56 Å². The molecule has 0 amide bonds. The lowest BCUT2D eigenvalue weighted by atomic mass is 10.0. The van der Waals surface area contributed by atoms with Crippen LogP contribution in [-0.2, 0) is 0 Å². The van der Waals surface area contributed by atoms with Gasteiger partial charge < -0.3 is 9.52 Å². The lowest BCUT2D eigenvalue weighted by molar-refractivity contribution is 0.183. The highest BCUT2D eigenvalue weighted by molar-refractivity contribution is 9.10. The highest BCUT2D eigenvalue weighted by Crippen LogP contribution is 2.28. The van der Waals surface area contributed by atoms with E-state index in [9.17, 15) is 9.50 Å². The number of hydrogen-bond donors (Lipinski definition) is 1. The molecule has 0 aliphatic carbocycles. The van der Waals surface area contributed by atoms with Crippen molar-refractivity contribution in [1.82, 2.24) is 0 Å². The zero-order chi connectivity index (χ0) is 11.7. The molecule has 1 aromatic carbocycles. The smallest absolute Gasteiger partial charge is 0.169 e. The third-order valence-corrected chi connectivity index (χ3v) is 2.74. The topological polar surface area (TPSA) is 33.4 Å². The van der Waals surface area contributed by atoms with Gasteiger partial charge in [0.25, 0.3) is 0 Å². The molecule has 0 aliphatic rings. The van der Waals surface area contributed by atoms with Gasteiger partial charge >= 0.3 is 0 Å². The number of furan rings is 1. The maximum absolute atomic E-state index is 13.5. The molecule has 0 radical (unpaired) electrons. The molecule has 2 nitrogen and oxygen atoms in total. The molecule has 0 spiro atoms. The molecule has 1 heterocycles. The van der Waals surface area contributed by atoms with Crippen LogP contribution in [0.1, 0.15) is 23.0 Å². The second-order valence-electron chi connectivity index (χ2n) is 3.57. The first-order chi connectivity index (χ1) is 7.58. The number of benzene rings is 1. The number of aliphatic hydroxyl groups is 1. The zero-order valence-electron chi connectivity index (χ0n) is 8.58. The summed E-state index contributed by atoms with van der Waals surface area (Å²) in [6, 6.07) is 7.87. The highest BCUT2D eigenvalue weighted by Gasteiger charge is 2.18. The van der Waals surface area contributed by atoms with Crippen LogP contribution in [0.2, 0.25) is 0 Å². The number of halogens is 2. The van der Waals surface area contributed by atoms with Crippen molar-refractivity contribution in [3.8, 4) is 0 Å². The molecule has 1 N–H and O–H groups in total. The van der Waals surface area contributed by atoms with Crippen LogP contribution < -0.4 is 0 Å². The van der Waals surface area contributed by atoms with E-state index in [2.05, 4.69) is 15.9 Å². The van der Waals surface area contributed by atoms with Crippen LogP contribution in [0.25, 0.3) is 0 Å². The first kappa shape index (κ1) is 11.4. The third-order valence-electron chi connectivity index (χ3n) is 2.31. The molecular weight excluding hydrogens is 275 g/mol. The van der Waals surface area contributed by atoms with Crippen LogP contribution in [0, 0.1) is 12.7 Å². The minimum Gasteiger partial charge on any atom is -0.451 e. The molecule has 1 aromatic heterocycles. The zero-order valence-corrected chi connectivity index (χ0v) is 10.2. The van der Waals surface area contributed by atoms with Crippen molar-refractivity contribution in [2.75, 3.05) is 0 Å². The van der Waals surface area contributed by atoms with Gasteiger partial charge in [0.05, 0.1) is 0 Å². The summed E-state index contributed by atoms with van der Waals surface area (Å²) in [4.78, 5) is 0. The summed E-state index contributed by atoms with van der Waals surface area (Å²) in [5, 5.41) is 9.96. The molecule has 2 rings (SSSR count). The minimum atomic E-state index is -1.08. The monoisotopic (exact) mass is 284 g/mol. The molecule has 16 heavy (non-hydrogen) atoms. The summed E-state index contributed by atoms with van der Waals surface area (Å²) in [5.41, 5.74) is 1.11. The Morgan fingerprint density at radius 3 is 2.69 bits per heavy atom. The van der Waals surface area contributed by atoms with Crippen molar-refractivity contribution in [2.45, 2.75) is 13.0 Å². The molecule has 84 valence electrons. The molecular formula is C12H10BrFO2. The molecule has 0 fully saturated rings. The van der Waals surface area contributed by atoms with Crippen molar-refractivity contribution in [2.24, 2.45) is 0 Å². The number of hydrogen-bond acceptors (Lipinski definition) is 2. The Kier molecular flexibility index (Phi) is 3.12. The first-order valence-corrected chi connectivity index (χ1v) is 5.56. The quantitative estimate of drug-likeness (QED) is 0.915. The number of aliphatic hydroxyl groups excluding tert-OH is 1. The summed E-state index contributed by atoms with van der Waals surface area (Å²) >= 11 is 3.13. The van der Waals surface area contributed by atoms with Gasteiger partial charge in [-0.1, -0.05) is 17.7 Å². The standard InChI is InChI=1S/C12H10BrFO2/c1-7-2-3-9(14)8(6-7)12(15)10-4-5-11(13)16-10/h2-6,12,15H,1H3. The summed E-state index contributed by atoms with van der Waals surface area (Å²) in [5.74, 6) is -0.123. The maximum atomic E-state index is 13.5. The van der Waals surface area contributed by atoms with Crippen molar-refractivity contribution >= 4 is 15.9 Å². The van der Waals surface area contributed by atoms with Gasteiger partial charge in [0.2, 0.25) is 0 Å². The number of aryl methyl sites for hydroxylation is 1. The highest BCUT2D eigenvalue weighted by atomic mass is 79.9. The molecule has 0 bridgehead atoms. The number of rotatable bonds is 2. The van der Waals surface area contributed by atoms with Gasteiger partial charge in [-0.05, 0) is 41.1 Å². The van der Waals surface area contributed by atoms with E-state index in [-0.39, 0.29) is 5.56 Å². The molecule has 1 atom stereocenters. The molecule has 0 aliphatic heterocycles. The van der Waals surface area contributed by atoms with Crippen molar-refractivity contribution < 1.29 is 13.9 Å². The Hall–Kier alpha value is -1.13. The van der Waals surface area contributed by atoms with Crippen molar-refractivity contribution in [1.29, 1.82) is 0 Å². The second-order valence-corrected chi connectivity index (χ2v) is 4.35. The average Bonchev–Trinajstić information content (AvgIpc) is 2.67. The largest absolute Gasteiger partial charge is 0.451 e. The van der Waals surface area contributed by atoms with Gasteiger partial charge in [-0.15, -0.1) is 0 Å². The van der Waals surface area contributed by atoms with Crippen LogP contribution in [0.3, 0.4) is 0 Å². The van der Waals surface area contributed by atoms with E-state index < -0.39 is 11.9 Å². The van der Waals surface area contributed by atoms with Gasteiger partial charge in [0.1, 0.15) is 17.7 Å². The van der Waals surface area contributed by atoms with Crippen LogP contribution >= 0.6 is 15.9 Å². The first-order valence-electron chi connectivity index (χ1n) is 4.77. The SMILES string of the molecule is Cc1ccc(F)c(C(O)c2ccc(Br)o2)c1. The molecule has 0 saturated carbocycles. The molecule has 0 saturated heterocycles. The summed E-state index contributed by atoms with van der Waals surface area (Å²) in [6.45, 7) is 1.84. The van der Waals surface area contributed by atoms with Gasteiger partial charge in [0.15, 0.2) is 4.67 Å². The predicted molar refractivity (Wildman–Crippen MR) is 61.6 cm³/mol. The predicted octanol–water partition coefficient (Wildman–Crippen LogP) is 3.57.